The summed E-state index contributed by atoms with van der Waals surface area (Å²) in [6.07, 6.45) is 0.813. The number of aldehydes is 1. The number of rotatable bonds is 7. The second-order valence-corrected chi connectivity index (χ2v) is 3.32. The lowest BCUT2D eigenvalue weighted by atomic mass is 10.1. The summed E-state index contributed by atoms with van der Waals surface area (Å²) in [4.78, 5) is 10.2. The van der Waals surface area contributed by atoms with Gasteiger partial charge in [-0.25, -0.2) is 0 Å². The Bertz CT molecular complexity index is 379. The van der Waals surface area contributed by atoms with E-state index < -0.39 is 0 Å². The molecule has 5 heteroatoms. The molecule has 0 saturated carbocycles. The molecule has 94 valence electrons. The fourth-order valence-electron chi connectivity index (χ4n) is 1.50. The van der Waals surface area contributed by atoms with Gasteiger partial charge in [-0.3, -0.25) is 0 Å². The van der Waals surface area contributed by atoms with Gasteiger partial charge in [-0.15, -0.1) is 0 Å². The van der Waals surface area contributed by atoms with Crippen LogP contribution >= 0.6 is 0 Å². The Morgan fingerprint density at radius 2 is 1.65 bits per heavy atom. The number of benzene rings is 1. The topological polar surface area (TPSA) is 56.8 Å². The van der Waals surface area contributed by atoms with Crippen LogP contribution in [0.4, 0.5) is 0 Å². The Morgan fingerprint density at radius 3 is 2.18 bits per heavy atom. The number of hydrogen-bond acceptors (Lipinski definition) is 5. The van der Waals surface area contributed by atoms with Crippen molar-refractivity contribution >= 4 is 6.29 Å². The van der Waals surface area contributed by atoms with Crippen molar-refractivity contribution in [2.45, 2.75) is 6.54 Å². The smallest absolute Gasteiger partial charge is 0.164 e. The van der Waals surface area contributed by atoms with Gasteiger partial charge in [0.05, 0.1) is 27.9 Å². The standard InChI is InChI=1S/C12H17NO4/c1-15-10-7-12(17-3)11(16-2)6-9(10)8-13-4-5-14/h5-7,13H,4,8H2,1-3H3. The summed E-state index contributed by atoms with van der Waals surface area (Å²) in [7, 11) is 4.74. The van der Waals surface area contributed by atoms with Crippen molar-refractivity contribution < 1.29 is 19.0 Å². The van der Waals surface area contributed by atoms with E-state index in [4.69, 9.17) is 14.2 Å². The molecule has 1 rings (SSSR count). The van der Waals surface area contributed by atoms with Crippen molar-refractivity contribution in [3.05, 3.63) is 17.7 Å². The maximum absolute atomic E-state index is 10.2. The minimum absolute atomic E-state index is 0.303. The van der Waals surface area contributed by atoms with Crippen LogP contribution in [0.25, 0.3) is 0 Å². The van der Waals surface area contributed by atoms with E-state index in [1.54, 1.807) is 27.4 Å². The predicted molar refractivity (Wildman–Crippen MR) is 63.9 cm³/mol. The third kappa shape index (κ3) is 3.35. The van der Waals surface area contributed by atoms with Crippen LogP contribution in [0, 0.1) is 0 Å². The van der Waals surface area contributed by atoms with Gasteiger partial charge in [-0.05, 0) is 6.07 Å². The Labute approximate surface area is 101 Å². The van der Waals surface area contributed by atoms with Crippen molar-refractivity contribution in [1.82, 2.24) is 5.32 Å². The monoisotopic (exact) mass is 239 g/mol. The summed E-state index contributed by atoms with van der Waals surface area (Å²) < 4.78 is 15.6. The van der Waals surface area contributed by atoms with E-state index in [-0.39, 0.29) is 0 Å². The SMILES string of the molecule is COc1cc(OC)c(OC)cc1CNCC=O. The van der Waals surface area contributed by atoms with Gasteiger partial charge in [0.1, 0.15) is 12.0 Å². The lowest BCUT2D eigenvalue weighted by Gasteiger charge is -2.14. The predicted octanol–water partition coefficient (Wildman–Crippen LogP) is 1.00. The molecule has 1 aromatic carbocycles. The molecule has 0 heterocycles. The Hall–Kier alpha value is -1.75. The average molecular weight is 239 g/mol. The summed E-state index contributed by atoms with van der Waals surface area (Å²) in [5, 5.41) is 2.97. The molecule has 1 N–H and O–H groups in total. The highest BCUT2D eigenvalue weighted by Gasteiger charge is 2.11. The van der Waals surface area contributed by atoms with E-state index in [9.17, 15) is 4.79 Å². The number of carbonyl (C=O) groups excluding carboxylic acids is 1. The van der Waals surface area contributed by atoms with Crippen LogP contribution < -0.4 is 19.5 Å². The molecule has 0 aromatic heterocycles. The third-order valence-electron chi connectivity index (χ3n) is 2.33. The van der Waals surface area contributed by atoms with Gasteiger partial charge >= 0.3 is 0 Å². The first-order chi connectivity index (χ1) is 8.26. The fraction of sp³-hybridized carbons (Fsp3) is 0.417. The van der Waals surface area contributed by atoms with E-state index >= 15 is 0 Å². The van der Waals surface area contributed by atoms with E-state index in [2.05, 4.69) is 5.32 Å². The lowest BCUT2D eigenvalue weighted by Crippen LogP contribution is -2.16. The van der Waals surface area contributed by atoms with Crippen LogP contribution in [0.2, 0.25) is 0 Å². The van der Waals surface area contributed by atoms with Gasteiger partial charge in [-0.1, -0.05) is 0 Å². The molecule has 0 bridgehead atoms. The second-order valence-electron chi connectivity index (χ2n) is 3.32. The average Bonchev–Trinajstić information content (AvgIpc) is 2.38. The molecule has 5 nitrogen and oxygen atoms in total. The molecule has 17 heavy (non-hydrogen) atoms. The van der Waals surface area contributed by atoms with Crippen LogP contribution in [0.5, 0.6) is 17.2 Å². The summed E-state index contributed by atoms with van der Waals surface area (Å²) in [5.41, 5.74) is 0.909. The summed E-state index contributed by atoms with van der Waals surface area (Å²) in [5.74, 6) is 1.95. The maximum Gasteiger partial charge on any atom is 0.164 e. The zero-order valence-corrected chi connectivity index (χ0v) is 10.3. The van der Waals surface area contributed by atoms with E-state index in [0.717, 1.165) is 11.8 Å². The number of hydrogen-bond donors (Lipinski definition) is 1. The third-order valence-corrected chi connectivity index (χ3v) is 2.33. The van der Waals surface area contributed by atoms with Crippen molar-refractivity contribution in [1.29, 1.82) is 0 Å². The maximum atomic E-state index is 10.2. The highest BCUT2D eigenvalue weighted by Crippen LogP contribution is 2.34. The van der Waals surface area contributed by atoms with E-state index in [0.29, 0.717) is 30.3 Å². The van der Waals surface area contributed by atoms with Crippen LogP contribution in [0.15, 0.2) is 12.1 Å². The van der Waals surface area contributed by atoms with Crippen molar-refractivity contribution in [3.8, 4) is 17.2 Å². The first-order valence-electron chi connectivity index (χ1n) is 5.20. The molecular weight excluding hydrogens is 222 g/mol. The van der Waals surface area contributed by atoms with Gasteiger partial charge in [0, 0.05) is 18.2 Å². The molecule has 0 aliphatic carbocycles. The quantitative estimate of drug-likeness (QED) is 0.568. The minimum Gasteiger partial charge on any atom is -0.496 e. The van der Waals surface area contributed by atoms with Gasteiger partial charge in [-0.2, -0.15) is 0 Å². The first-order valence-corrected chi connectivity index (χ1v) is 5.20. The summed E-state index contributed by atoms with van der Waals surface area (Å²) >= 11 is 0. The molecule has 0 fully saturated rings. The number of carbonyl (C=O) groups is 1. The Balaban J connectivity index is 2.97. The number of nitrogens with one attached hydrogen (secondary N) is 1. The van der Waals surface area contributed by atoms with Crippen molar-refractivity contribution in [2.24, 2.45) is 0 Å². The van der Waals surface area contributed by atoms with Crippen LogP contribution in [-0.2, 0) is 11.3 Å². The van der Waals surface area contributed by atoms with Crippen LogP contribution in [0.3, 0.4) is 0 Å². The minimum atomic E-state index is 0.303. The summed E-state index contributed by atoms with van der Waals surface area (Å²) in [6.45, 7) is 0.833. The van der Waals surface area contributed by atoms with Gasteiger partial charge in [0.25, 0.3) is 0 Å². The van der Waals surface area contributed by atoms with Crippen LogP contribution in [-0.4, -0.2) is 34.2 Å². The molecule has 0 atom stereocenters. The number of ether oxygens (including phenoxy) is 3. The van der Waals surface area contributed by atoms with Gasteiger partial charge in [0.2, 0.25) is 0 Å². The Kier molecular flexibility index (Phi) is 5.29. The highest BCUT2D eigenvalue weighted by atomic mass is 16.5. The lowest BCUT2D eigenvalue weighted by molar-refractivity contribution is -0.107. The molecule has 0 unspecified atom stereocenters. The number of methoxy groups -OCH3 is 3. The van der Waals surface area contributed by atoms with Gasteiger partial charge < -0.3 is 24.3 Å². The molecule has 0 saturated heterocycles. The van der Waals surface area contributed by atoms with E-state index in [1.807, 2.05) is 6.07 Å². The fourth-order valence-corrected chi connectivity index (χ4v) is 1.50. The van der Waals surface area contributed by atoms with Crippen LogP contribution in [0.1, 0.15) is 5.56 Å². The second kappa shape index (κ2) is 6.75. The normalized spacial score (nSPS) is 9.82. The Morgan fingerprint density at radius 1 is 1.06 bits per heavy atom. The molecule has 0 amide bonds. The van der Waals surface area contributed by atoms with E-state index in [1.165, 1.54) is 0 Å². The van der Waals surface area contributed by atoms with Crippen molar-refractivity contribution in [2.75, 3.05) is 27.9 Å². The molecule has 0 aliphatic heterocycles. The summed E-state index contributed by atoms with van der Waals surface area (Å²) in [6, 6.07) is 3.59. The highest BCUT2D eigenvalue weighted by molar-refractivity contribution is 5.53. The molecule has 0 radical (unpaired) electrons. The molecule has 0 aliphatic rings. The first kappa shape index (κ1) is 13.3. The largest absolute Gasteiger partial charge is 0.496 e. The van der Waals surface area contributed by atoms with Gasteiger partial charge in [0.15, 0.2) is 11.5 Å². The molecule has 1 aromatic rings. The zero-order chi connectivity index (χ0) is 12.7. The molecule has 0 spiro atoms. The van der Waals surface area contributed by atoms with Crippen molar-refractivity contribution in [3.63, 3.8) is 0 Å². The molecular formula is C12H17NO4. The zero-order valence-electron chi connectivity index (χ0n) is 10.3.